The van der Waals surface area contributed by atoms with E-state index in [4.69, 9.17) is 10.5 Å². The minimum Gasteiger partial charge on any atom is -0.467 e. The number of benzene rings is 1. The Hall–Kier alpha value is -2.60. The van der Waals surface area contributed by atoms with E-state index in [0.29, 0.717) is 32.4 Å². The summed E-state index contributed by atoms with van der Waals surface area (Å²) in [5, 5.41) is 2.45. The van der Waals surface area contributed by atoms with Crippen molar-refractivity contribution < 1.29 is 14.3 Å². The van der Waals surface area contributed by atoms with Crippen molar-refractivity contribution in [2.45, 2.75) is 38.4 Å². The van der Waals surface area contributed by atoms with Crippen LogP contribution in [0.25, 0.3) is 5.70 Å². The highest BCUT2D eigenvalue weighted by atomic mass is 16.5. The first-order valence-corrected chi connectivity index (χ1v) is 8.15. The topological polar surface area (TPSA) is 84.7 Å². The molecule has 0 aromatic heterocycles. The van der Waals surface area contributed by atoms with E-state index in [-0.39, 0.29) is 17.9 Å². The van der Waals surface area contributed by atoms with Crippen LogP contribution in [-0.4, -0.2) is 22.8 Å². The quantitative estimate of drug-likeness (QED) is 0.802. The average Bonchev–Trinajstić information content (AvgIpc) is 3.20. The molecule has 3 aliphatic heterocycles. The molecule has 0 radical (unpaired) electrons. The summed E-state index contributed by atoms with van der Waals surface area (Å²) < 4.78 is 5.66. The Bertz CT molecular complexity index is 772. The van der Waals surface area contributed by atoms with E-state index in [0.717, 1.165) is 28.1 Å². The van der Waals surface area contributed by atoms with E-state index in [9.17, 15) is 9.59 Å². The number of ether oxygens (including phenoxy) is 1. The second kappa shape index (κ2) is 5.79. The van der Waals surface area contributed by atoms with Crippen LogP contribution in [0.5, 0.6) is 0 Å². The summed E-state index contributed by atoms with van der Waals surface area (Å²) in [7, 11) is 0. The Morgan fingerprint density at radius 3 is 2.92 bits per heavy atom. The molecule has 6 heteroatoms. The number of allylic oxidation sites excluding steroid dienone is 1. The highest BCUT2D eigenvalue weighted by Gasteiger charge is 2.38. The molecule has 1 aromatic rings. The highest BCUT2D eigenvalue weighted by Crippen LogP contribution is 2.40. The van der Waals surface area contributed by atoms with Gasteiger partial charge in [0.2, 0.25) is 11.8 Å². The summed E-state index contributed by atoms with van der Waals surface area (Å²) in [5.41, 5.74) is 9.99. The van der Waals surface area contributed by atoms with E-state index >= 15 is 0 Å². The third kappa shape index (κ3) is 2.39. The summed E-state index contributed by atoms with van der Waals surface area (Å²) in [5.74, 6) is 0.410. The summed E-state index contributed by atoms with van der Waals surface area (Å²) >= 11 is 0. The molecule has 24 heavy (non-hydrogen) atoms. The fraction of sp³-hybridized carbons (Fsp3) is 0.333. The van der Waals surface area contributed by atoms with Crippen molar-refractivity contribution in [3.8, 4) is 0 Å². The van der Waals surface area contributed by atoms with Crippen LogP contribution in [0.2, 0.25) is 0 Å². The average molecular weight is 325 g/mol. The summed E-state index contributed by atoms with van der Waals surface area (Å²) in [6.07, 6.45) is 5.22. The molecular weight excluding hydrogens is 306 g/mol. The molecule has 1 fully saturated rings. The fourth-order valence-corrected chi connectivity index (χ4v) is 3.60. The van der Waals surface area contributed by atoms with Gasteiger partial charge in [0, 0.05) is 31.5 Å². The number of hydrogen-bond acceptors (Lipinski definition) is 5. The number of imide groups is 1. The number of amides is 2. The molecule has 3 N–H and O–H groups in total. The number of piperidine rings is 1. The van der Waals surface area contributed by atoms with Crippen LogP contribution in [-0.2, 0) is 27.4 Å². The van der Waals surface area contributed by atoms with Crippen LogP contribution >= 0.6 is 0 Å². The number of hydrogen-bond donors (Lipinski definition) is 2. The Balaban J connectivity index is 1.75. The van der Waals surface area contributed by atoms with Gasteiger partial charge in [-0.25, -0.2) is 0 Å². The zero-order chi connectivity index (χ0) is 16.7. The summed E-state index contributed by atoms with van der Waals surface area (Å²) in [6.45, 7) is 1.10. The molecule has 124 valence electrons. The molecule has 2 amide bonds. The van der Waals surface area contributed by atoms with Crippen LogP contribution < -0.4 is 11.1 Å². The standard InChI is InChI=1S/C18H19N3O3/c19-9-11-3-4-13-12(8-11)10-21(17(13)15-2-1-7-24-15)14-5-6-16(22)20-18(14)23/h1,3-4,7-8,14H,2,5-6,9-10,19H2,(H,20,22,23). The maximum atomic E-state index is 12.4. The molecule has 0 spiro atoms. The van der Waals surface area contributed by atoms with Gasteiger partial charge in [-0.05, 0) is 23.6 Å². The molecule has 3 aliphatic rings. The Kier molecular flexibility index (Phi) is 3.61. The van der Waals surface area contributed by atoms with Gasteiger partial charge in [-0.15, -0.1) is 0 Å². The van der Waals surface area contributed by atoms with Crippen molar-refractivity contribution >= 4 is 17.5 Å². The van der Waals surface area contributed by atoms with Gasteiger partial charge in [0.15, 0.2) is 0 Å². The van der Waals surface area contributed by atoms with E-state index < -0.39 is 0 Å². The normalized spacial score (nSPS) is 25.7. The maximum Gasteiger partial charge on any atom is 0.249 e. The van der Waals surface area contributed by atoms with Crippen LogP contribution in [0.3, 0.4) is 0 Å². The first kappa shape index (κ1) is 15.0. The van der Waals surface area contributed by atoms with Crippen molar-refractivity contribution in [1.29, 1.82) is 0 Å². The Morgan fingerprint density at radius 1 is 1.33 bits per heavy atom. The van der Waals surface area contributed by atoms with Crippen LogP contribution in [0.1, 0.15) is 36.0 Å². The third-order valence-electron chi connectivity index (χ3n) is 4.75. The number of rotatable bonds is 2. The predicted molar refractivity (Wildman–Crippen MR) is 87.8 cm³/mol. The van der Waals surface area contributed by atoms with Crippen molar-refractivity contribution in [2.75, 3.05) is 0 Å². The minimum atomic E-state index is -0.358. The van der Waals surface area contributed by atoms with Gasteiger partial charge in [0.25, 0.3) is 0 Å². The largest absolute Gasteiger partial charge is 0.467 e. The van der Waals surface area contributed by atoms with Crippen molar-refractivity contribution in [1.82, 2.24) is 10.2 Å². The molecule has 1 unspecified atom stereocenters. The van der Waals surface area contributed by atoms with Crippen LogP contribution in [0, 0.1) is 0 Å². The van der Waals surface area contributed by atoms with Gasteiger partial charge in [0.05, 0.1) is 12.0 Å². The molecule has 4 rings (SSSR count). The van der Waals surface area contributed by atoms with Gasteiger partial charge >= 0.3 is 0 Å². The van der Waals surface area contributed by atoms with Gasteiger partial charge in [-0.1, -0.05) is 18.2 Å². The molecule has 0 saturated carbocycles. The van der Waals surface area contributed by atoms with Gasteiger partial charge in [0.1, 0.15) is 11.8 Å². The van der Waals surface area contributed by atoms with E-state index in [1.807, 2.05) is 18.2 Å². The van der Waals surface area contributed by atoms with Gasteiger partial charge in [-0.2, -0.15) is 0 Å². The second-order valence-corrected chi connectivity index (χ2v) is 6.26. The first-order valence-electron chi connectivity index (χ1n) is 8.15. The van der Waals surface area contributed by atoms with Gasteiger partial charge in [-0.3, -0.25) is 14.9 Å². The molecular formula is C18H19N3O3. The predicted octanol–water partition coefficient (Wildman–Crippen LogP) is 1.37. The monoisotopic (exact) mass is 325 g/mol. The highest BCUT2D eigenvalue weighted by molar-refractivity contribution is 6.01. The van der Waals surface area contributed by atoms with E-state index in [2.05, 4.69) is 16.3 Å². The van der Waals surface area contributed by atoms with E-state index in [1.165, 1.54) is 0 Å². The summed E-state index contributed by atoms with van der Waals surface area (Å²) in [4.78, 5) is 25.9. The number of carbonyl (C=O) groups is 2. The first-order chi connectivity index (χ1) is 11.7. The zero-order valence-electron chi connectivity index (χ0n) is 13.2. The van der Waals surface area contributed by atoms with Crippen molar-refractivity contribution in [3.63, 3.8) is 0 Å². The molecule has 0 aliphatic carbocycles. The number of carbonyl (C=O) groups excluding carboxylic acids is 2. The maximum absolute atomic E-state index is 12.4. The Morgan fingerprint density at radius 2 is 2.21 bits per heavy atom. The third-order valence-corrected chi connectivity index (χ3v) is 4.75. The number of nitrogens with one attached hydrogen (secondary N) is 1. The minimum absolute atomic E-state index is 0.202. The van der Waals surface area contributed by atoms with Crippen molar-refractivity contribution in [2.24, 2.45) is 5.73 Å². The van der Waals surface area contributed by atoms with E-state index in [1.54, 1.807) is 6.26 Å². The molecule has 1 saturated heterocycles. The van der Waals surface area contributed by atoms with Gasteiger partial charge < -0.3 is 15.4 Å². The number of fused-ring (bicyclic) bond motifs is 1. The second-order valence-electron chi connectivity index (χ2n) is 6.26. The van der Waals surface area contributed by atoms with Crippen LogP contribution in [0.15, 0.2) is 36.3 Å². The Labute approximate surface area is 140 Å². The number of nitrogens with zero attached hydrogens (tertiary/aromatic N) is 1. The fourth-order valence-electron chi connectivity index (χ4n) is 3.60. The zero-order valence-corrected chi connectivity index (χ0v) is 13.2. The number of nitrogens with two attached hydrogens (primary N) is 1. The summed E-state index contributed by atoms with van der Waals surface area (Å²) in [6, 6.07) is 5.79. The lowest BCUT2D eigenvalue weighted by Gasteiger charge is -2.32. The van der Waals surface area contributed by atoms with Crippen LogP contribution in [0.4, 0.5) is 0 Å². The lowest BCUT2D eigenvalue weighted by atomic mass is 10.0. The molecule has 1 aromatic carbocycles. The smallest absolute Gasteiger partial charge is 0.249 e. The molecule has 6 nitrogen and oxygen atoms in total. The molecule has 0 bridgehead atoms. The molecule has 3 heterocycles. The SMILES string of the molecule is NCc1ccc2c(c1)CN(C1CCC(=O)NC1=O)C2=C1CC=CO1. The molecule has 1 atom stereocenters. The lowest BCUT2D eigenvalue weighted by Crippen LogP contribution is -2.50. The van der Waals surface area contributed by atoms with Crippen molar-refractivity contribution in [3.05, 3.63) is 53.0 Å². The lowest BCUT2D eigenvalue weighted by molar-refractivity contribution is -0.136.